The molecule has 0 radical (unpaired) electrons. The van der Waals surface area contributed by atoms with Crippen LogP contribution in [-0.4, -0.2) is 24.7 Å². The van der Waals surface area contributed by atoms with Gasteiger partial charge in [0.25, 0.3) is 0 Å². The number of hydrogen-bond acceptors (Lipinski definition) is 3. The lowest BCUT2D eigenvalue weighted by Crippen LogP contribution is -2.38. The summed E-state index contributed by atoms with van der Waals surface area (Å²) in [5.74, 6) is 0. The van der Waals surface area contributed by atoms with Gasteiger partial charge in [0.15, 0.2) is 0 Å². The van der Waals surface area contributed by atoms with Gasteiger partial charge in [-0.3, -0.25) is 5.32 Å². The molecule has 3 nitrogen and oxygen atoms in total. The zero-order valence-corrected chi connectivity index (χ0v) is 7.80. The maximum Gasteiger partial charge on any atom is 0.139 e. The van der Waals surface area contributed by atoms with Gasteiger partial charge in [-0.1, -0.05) is 0 Å². The van der Waals surface area contributed by atoms with Crippen molar-refractivity contribution in [1.82, 2.24) is 5.32 Å². The highest BCUT2D eigenvalue weighted by Gasteiger charge is 2.29. The summed E-state index contributed by atoms with van der Waals surface area (Å²) in [4.78, 5) is 10.2. The summed E-state index contributed by atoms with van der Waals surface area (Å²) in [5, 5.41) is 2.99. The summed E-state index contributed by atoms with van der Waals surface area (Å²) in [6, 6.07) is -0.111. The first kappa shape index (κ1) is 10.0. The molecule has 0 spiro atoms. The SMILES string of the molecule is CC1(C)NC(C=O)CO1.P. The van der Waals surface area contributed by atoms with Gasteiger partial charge in [-0.25, -0.2) is 0 Å². The molecule has 2 atom stereocenters. The third kappa shape index (κ3) is 2.33. The average molecular weight is 163 g/mol. The molecular formula is C6H14NO2P. The fourth-order valence-electron chi connectivity index (χ4n) is 0.901. The lowest BCUT2D eigenvalue weighted by Gasteiger charge is -2.16. The van der Waals surface area contributed by atoms with Crippen LogP contribution in [-0.2, 0) is 9.53 Å². The second kappa shape index (κ2) is 3.42. The van der Waals surface area contributed by atoms with Crippen LogP contribution in [0.3, 0.4) is 0 Å². The number of carbonyl (C=O) groups is 1. The Kier molecular flexibility index (Phi) is 3.43. The highest BCUT2D eigenvalue weighted by atomic mass is 31.0. The predicted molar refractivity (Wildman–Crippen MR) is 44.1 cm³/mol. The van der Waals surface area contributed by atoms with E-state index in [1.807, 2.05) is 13.8 Å². The van der Waals surface area contributed by atoms with E-state index in [-0.39, 0.29) is 21.7 Å². The summed E-state index contributed by atoms with van der Waals surface area (Å²) < 4.78 is 5.20. The maximum absolute atomic E-state index is 10.2. The molecule has 1 fully saturated rings. The second-order valence-electron chi connectivity index (χ2n) is 2.71. The Morgan fingerprint density at radius 1 is 1.70 bits per heavy atom. The van der Waals surface area contributed by atoms with Crippen molar-refractivity contribution in [2.45, 2.75) is 25.6 Å². The van der Waals surface area contributed by atoms with Crippen molar-refractivity contribution < 1.29 is 9.53 Å². The van der Waals surface area contributed by atoms with Crippen LogP contribution in [0, 0.1) is 0 Å². The molecule has 1 rings (SSSR count). The molecule has 0 bridgehead atoms. The number of rotatable bonds is 1. The van der Waals surface area contributed by atoms with Crippen LogP contribution >= 0.6 is 9.90 Å². The van der Waals surface area contributed by atoms with E-state index in [1.165, 1.54) is 0 Å². The van der Waals surface area contributed by atoms with E-state index < -0.39 is 0 Å². The Morgan fingerprint density at radius 2 is 2.30 bits per heavy atom. The van der Waals surface area contributed by atoms with Gasteiger partial charge in [0.2, 0.25) is 0 Å². The average Bonchev–Trinajstić information content (AvgIpc) is 2.10. The highest BCUT2D eigenvalue weighted by molar-refractivity contribution is 6.92. The fraction of sp³-hybridized carbons (Fsp3) is 0.833. The van der Waals surface area contributed by atoms with Crippen molar-refractivity contribution in [3.8, 4) is 0 Å². The van der Waals surface area contributed by atoms with Gasteiger partial charge in [-0.15, -0.1) is 0 Å². The van der Waals surface area contributed by atoms with Crippen molar-refractivity contribution in [2.24, 2.45) is 0 Å². The minimum atomic E-state index is -0.314. The first-order valence-electron chi connectivity index (χ1n) is 3.01. The standard InChI is InChI=1S/C6H11NO2.H3P/c1-6(2)7-5(3-8)4-9-6;/h3,5,7H,4H2,1-2H3;1H3. The normalized spacial score (nSPS) is 29.2. The van der Waals surface area contributed by atoms with Gasteiger partial charge < -0.3 is 9.53 Å². The smallest absolute Gasteiger partial charge is 0.139 e. The summed E-state index contributed by atoms with van der Waals surface area (Å²) >= 11 is 0. The Balaban J connectivity index is 0.000000810. The minimum absolute atomic E-state index is 0. The van der Waals surface area contributed by atoms with Crippen molar-refractivity contribution in [3.05, 3.63) is 0 Å². The van der Waals surface area contributed by atoms with Crippen LogP contribution in [0.2, 0.25) is 0 Å². The third-order valence-electron chi connectivity index (χ3n) is 1.32. The van der Waals surface area contributed by atoms with Gasteiger partial charge in [-0.2, -0.15) is 9.90 Å². The van der Waals surface area contributed by atoms with Crippen molar-refractivity contribution in [2.75, 3.05) is 6.61 Å². The Labute approximate surface area is 64.1 Å². The van der Waals surface area contributed by atoms with Crippen LogP contribution < -0.4 is 5.32 Å². The summed E-state index contributed by atoms with van der Waals surface area (Å²) in [6.45, 7) is 4.30. The molecule has 1 N–H and O–H groups in total. The van der Waals surface area contributed by atoms with Crippen molar-refractivity contribution in [1.29, 1.82) is 0 Å². The molecule has 2 unspecified atom stereocenters. The Hall–Kier alpha value is 0.0200. The fourth-order valence-corrected chi connectivity index (χ4v) is 0.901. The zero-order chi connectivity index (χ0) is 6.91. The summed E-state index contributed by atoms with van der Waals surface area (Å²) in [6.07, 6.45) is 0.870. The van der Waals surface area contributed by atoms with Crippen molar-refractivity contribution >= 4 is 16.2 Å². The number of ether oxygens (including phenoxy) is 1. The second-order valence-corrected chi connectivity index (χ2v) is 2.71. The molecule has 1 saturated heterocycles. The summed E-state index contributed by atoms with van der Waals surface area (Å²) in [7, 11) is 0. The van der Waals surface area contributed by atoms with Gasteiger partial charge in [0, 0.05) is 0 Å². The van der Waals surface area contributed by atoms with Gasteiger partial charge >= 0.3 is 0 Å². The van der Waals surface area contributed by atoms with E-state index in [0.29, 0.717) is 6.61 Å². The minimum Gasteiger partial charge on any atom is -0.359 e. The van der Waals surface area contributed by atoms with E-state index in [9.17, 15) is 4.79 Å². The van der Waals surface area contributed by atoms with Gasteiger partial charge in [0.05, 0.1) is 12.6 Å². The monoisotopic (exact) mass is 163 g/mol. The van der Waals surface area contributed by atoms with E-state index in [1.54, 1.807) is 0 Å². The largest absolute Gasteiger partial charge is 0.359 e. The van der Waals surface area contributed by atoms with Crippen LogP contribution in [0.25, 0.3) is 0 Å². The predicted octanol–water partition coefficient (Wildman–Crippen LogP) is -0.0321. The number of carbonyl (C=O) groups excluding carboxylic acids is 1. The molecular weight excluding hydrogens is 149 g/mol. The lowest BCUT2D eigenvalue weighted by atomic mass is 10.3. The Morgan fingerprint density at radius 3 is 2.50 bits per heavy atom. The van der Waals surface area contributed by atoms with Crippen LogP contribution in [0.4, 0.5) is 0 Å². The van der Waals surface area contributed by atoms with Crippen LogP contribution in [0.5, 0.6) is 0 Å². The lowest BCUT2D eigenvalue weighted by molar-refractivity contribution is -0.109. The van der Waals surface area contributed by atoms with Crippen molar-refractivity contribution in [3.63, 3.8) is 0 Å². The molecule has 0 aromatic rings. The highest BCUT2D eigenvalue weighted by Crippen LogP contribution is 2.12. The van der Waals surface area contributed by atoms with Crippen LogP contribution in [0.1, 0.15) is 13.8 Å². The maximum atomic E-state index is 10.2. The molecule has 4 heteroatoms. The number of hydrogen-bond donors (Lipinski definition) is 1. The van der Waals surface area contributed by atoms with Gasteiger partial charge in [0.1, 0.15) is 12.0 Å². The zero-order valence-electron chi connectivity index (χ0n) is 6.39. The Bertz CT molecular complexity index is 127. The molecule has 0 aliphatic carbocycles. The van der Waals surface area contributed by atoms with Crippen LogP contribution in [0.15, 0.2) is 0 Å². The molecule has 1 aliphatic heterocycles. The van der Waals surface area contributed by atoms with E-state index in [4.69, 9.17) is 4.74 Å². The van der Waals surface area contributed by atoms with E-state index >= 15 is 0 Å². The molecule has 1 heterocycles. The molecule has 60 valence electrons. The van der Waals surface area contributed by atoms with Gasteiger partial charge in [-0.05, 0) is 13.8 Å². The molecule has 0 aromatic heterocycles. The first-order chi connectivity index (χ1) is 4.14. The topological polar surface area (TPSA) is 38.3 Å². The van der Waals surface area contributed by atoms with E-state index in [0.717, 1.165) is 6.29 Å². The van der Waals surface area contributed by atoms with E-state index in [2.05, 4.69) is 5.32 Å². The quantitative estimate of drug-likeness (QED) is 0.435. The molecule has 0 saturated carbocycles. The molecule has 1 aliphatic rings. The molecule has 10 heavy (non-hydrogen) atoms. The first-order valence-corrected chi connectivity index (χ1v) is 3.01. The number of nitrogens with one attached hydrogen (secondary N) is 1. The third-order valence-corrected chi connectivity index (χ3v) is 1.32. The number of aldehydes is 1. The summed E-state index contributed by atoms with van der Waals surface area (Å²) in [5.41, 5.74) is -0.314. The molecule has 0 aromatic carbocycles. The molecule has 0 amide bonds.